The molecule has 4 heteroatoms. The fourth-order valence-electron chi connectivity index (χ4n) is 3.72. The van der Waals surface area contributed by atoms with Crippen molar-refractivity contribution in [1.82, 2.24) is 0 Å². The molecule has 0 bridgehead atoms. The molecule has 2 aromatic rings. The molecule has 2 aliphatic heterocycles. The largest absolute Gasteiger partial charge is 0.323 e. The van der Waals surface area contributed by atoms with Gasteiger partial charge in [-0.15, -0.1) is 0 Å². The van der Waals surface area contributed by atoms with Gasteiger partial charge in [-0.2, -0.15) is 0 Å². The van der Waals surface area contributed by atoms with Crippen molar-refractivity contribution in [3.63, 3.8) is 0 Å². The lowest BCUT2D eigenvalue weighted by molar-refractivity contribution is -0.481. The minimum absolute atomic E-state index is 0.187. The lowest BCUT2D eigenvalue weighted by atomic mass is 9.74. The van der Waals surface area contributed by atoms with E-state index >= 15 is 0 Å². The van der Waals surface area contributed by atoms with E-state index in [0.29, 0.717) is 0 Å². The molecular weight excluding hydrogens is 316 g/mol. The molecule has 0 N–H and O–H groups in total. The topological polar surface area (TPSA) is 36.9 Å². The lowest BCUT2D eigenvalue weighted by Crippen LogP contribution is -2.63. The lowest BCUT2D eigenvalue weighted by Gasteiger charge is -2.54. The summed E-state index contributed by atoms with van der Waals surface area (Å²) >= 11 is 0. The molecule has 2 aliphatic rings. The van der Waals surface area contributed by atoms with Crippen LogP contribution in [0.4, 0.5) is 0 Å². The first-order valence-electron chi connectivity index (χ1n) is 8.85. The summed E-state index contributed by atoms with van der Waals surface area (Å²) in [6.45, 7) is 3.83. The zero-order valence-electron chi connectivity index (χ0n) is 14.6. The SMILES string of the molecule is CC1OC(C(Cc2ccccc2)(Cc2ccccc2)C2OC(C)O2)O1. The molecule has 0 amide bonds. The number of hydrogen-bond acceptors (Lipinski definition) is 4. The molecule has 4 nitrogen and oxygen atoms in total. The van der Waals surface area contributed by atoms with E-state index in [9.17, 15) is 0 Å². The van der Waals surface area contributed by atoms with E-state index in [0.717, 1.165) is 12.8 Å². The Balaban J connectivity index is 1.68. The van der Waals surface area contributed by atoms with Crippen molar-refractivity contribution in [3.8, 4) is 0 Å². The maximum absolute atomic E-state index is 5.96. The molecule has 2 heterocycles. The summed E-state index contributed by atoms with van der Waals surface area (Å²) in [4.78, 5) is 0. The average molecular weight is 340 g/mol. The van der Waals surface area contributed by atoms with E-state index in [1.54, 1.807) is 0 Å². The second-order valence-corrected chi connectivity index (χ2v) is 6.90. The smallest absolute Gasteiger partial charge is 0.174 e. The Bertz CT molecular complexity index is 614. The van der Waals surface area contributed by atoms with Crippen LogP contribution in [0.25, 0.3) is 0 Å². The molecule has 132 valence electrons. The van der Waals surface area contributed by atoms with Gasteiger partial charge in [0.05, 0.1) is 5.41 Å². The van der Waals surface area contributed by atoms with Crippen LogP contribution in [-0.2, 0) is 31.8 Å². The molecule has 2 fully saturated rings. The summed E-state index contributed by atoms with van der Waals surface area (Å²) < 4.78 is 23.8. The zero-order valence-corrected chi connectivity index (χ0v) is 14.6. The van der Waals surface area contributed by atoms with Crippen LogP contribution in [0.1, 0.15) is 25.0 Å². The predicted octanol–water partition coefficient (Wildman–Crippen LogP) is 3.90. The minimum atomic E-state index is -0.429. The molecule has 0 spiro atoms. The second kappa shape index (κ2) is 6.89. The van der Waals surface area contributed by atoms with Gasteiger partial charge in [0.15, 0.2) is 25.2 Å². The molecule has 2 saturated heterocycles. The van der Waals surface area contributed by atoms with E-state index < -0.39 is 5.41 Å². The van der Waals surface area contributed by atoms with Crippen LogP contribution in [0.15, 0.2) is 60.7 Å². The maximum atomic E-state index is 5.96. The number of ether oxygens (including phenoxy) is 4. The minimum Gasteiger partial charge on any atom is -0.323 e. The molecule has 0 aliphatic carbocycles. The maximum Gasteiger partial charge on any atom is 0.174 e. The average Bonchev–Trinajstić information content (AvgIpc) is 2.58. The fourth-order valence-corrected chi connectivity index (χ4v) is 3.72. The highest BCUT2D eigenvalue weighted by Gasteiger charge is 2.57. The third kappa shape index (κ3) is 3.35. The summed E-state index contributed by atoms with van der Waals surface area (Å²) in [6.07, 6.45) is 0.456. The Hall–Kier alpha value is -1.72. The Morgan fingerprint density at radius 1 is 0.640 bits per heavy atom. The van der Waals surface area contributed by atoms with Crippen LogP contribution in [0.3, 0.4) is 0 Å². The Labute approximate surface area is 148 Å². The van der Waals surface area contributed by atoms with Gasteiger partial charge < -0.3 is 18.9 Å². The van der Waals surface area contributed by atoms with E-state index in [2.05, 4.69) is 48.5 Å². The zero-order chi connectivity index (χ0) is 17.3. The molecule has 0 radical (unpaired) electrons. The fraction of sp³-hybridized carbons (Fsp3) is 0.429. The van der Waals surface area contributed by atoms with Gasteiger partial charge in [0.1, 0.15) is 0 Å². The molecule has 2 aromatic carbocycles. The summed E-state index contributed by atoms with van der Waals surface area (Å²) in [6, 6.07) is 20.8. The van der Waals surface area contributed by atoms with Crippen molar-refractivity contribution in [3.05, 3.63) is 71.8 Å². The summed E-state index contributed by atoms with van der Waals surface area (Å²) in [5, 5.41) is 0. The van der Waals surface area contributed by atoms with Gasteiger partial charge in [0.2, 0.25) is 0 Å². The quantitative estimate of drug-likeness (QED) is 0.799. The van der Waals surface area contributed by atoms with Crippen molar-refractivity contribution >= 4 is 0 Å². The van der Waals surface area contributed by atoms with Gasteiger partial charge in [-0.3, -0.25) is 0 Å². The second-order valence-electron chi connectivity index (χ2n) is 6.90. The summed E-state index contributed by atoms with van der Waals surface area (Å²) in [7, 11) is 0. The van der Waals surface area contributed by atoms with Gasteiger partial charge >= 0.3 is 0 Å². The number of benzene rings is 2. The standard InChI is InChI=1S/C21H24O4/c1-15-22-19(23-15)21(20-24-16(2)25-20,13-17-9-5-3-6-10-17)14-18-11-7-4-8-12-18/h3-12,15-16,19-20H,13-14H2,1-2H3. The third-order valence-electron chi connectivity index (χ3n) is 4.95. The van der Waals surface area contributed by atoms with Crippen molar-refractivity contribution < 1.29 is 18.9 Å². The number of hydrogen-bond donors (Lipinski definition) is 0. The Kier molecular flexibility index (Phi) is 4.61. The van der Waals surface area contributed by atoms with Gasteiger partial charge in [-0.05, 0) is 37.8 Å². The predicted molar refractivity (Wildman–Crippen MR) is 93.6 cm³/mol. The molecule has 0 atom stereocenters. The van der Waals surface area contributed by atoms with Crippen molar-refractivity contribution in [2.24, 2.45) is 5.41 Å². The monoisotopic (exact) mass is 340 g/mol. The number of rotatable bonds is 6. The Morgan fingerprint density at radius 3 is 1.32 bits per heavy atom. The van der Waals surface area contributed by atoms with Crippen LogP contribution in [0, 0.1) is 5.41 Å². The van der Waals surface area contributed by atoms with Crippen LogP contribution >= 0.6 is 0 Å². The highest BCUT2D eigenvalue weighted by molar-refractivity contribution is 5.22. The molecule has 0 aromatic heterocycles. The van der Waals surface area contributed by atoms with Crippen LogP contribution in [0.2, 0.25) is 0 Å². The third-order valence-corrected chi connectivity index (χ3v) is 4.95. The summed E-state index contributed by atoms with van der Waals surface area (Å²) in [5.74, 6) is 0. The molecular formula is C21H24O4. The van der Waals surface area contributed by atoms with Gasteiger partial charge in [-0.25, -0.2) is 0 Å². The highest BCUT2D eigenvalue weighted by atomic mass is 16.9. The van der Waals surface area contributed by atoms with E-state index in [4.69, 9.17) is 18.9 Å². The van der Waals surface area contributed by atoms with Crippen LogP contribution in [0.5, 0.6) is 0 Å². The van der Waals surface area contributed by atoms with Crippen LogP contribution in [-0.4, -0.2) is 25.2 Å². The normalized spacial score (nSPS) is 28.9. The van der Waals surface area contributed by atoms with Crippen molar-refractivity contribution in [2.45, 2.75) is 51.8 Å². The van der Waals surface area contributed by atoms with E-state index in [-0.39, 0.29) is 25.2 Å². The highest BCUT2D eigenvalue weighted by Crippen LogP contribution is 2.47. The van der Waals surface area contributed by atoms with Gasteiger partial charge in [-0.1, -0.05) is 60.7 Å². The molecule has 25 heavy (non-hydrogen) atoms. The van der Waals surface area contributed by atoms with E-state index in [1.165, 1.54) is 11.1 Å². The van der Waals surface area contributed by atoms with Crippen molar-refractivity contribution in [2.75, 3.05) is 0 Å². The molecule has 0 unspecified atom stereocenters. The summed E-state index contributed by atoms with van der Waals surface area (Å²) in [5.41, 5.74) is 2.01. The van der Waals surface area contributed by atoms with Crippen molar-refractivity contribution in [1.29, 1.82) is 0 Å². The molecule has 0 saturated carbocycles. The first kappa shape index (κ1) is 16.7. The molecule has 4 rings (SSSR count). The first-order valence-corrected chi connectivity index (χ1v) is 8.85. The van der Waals surface area contributed by atoms with Gasteiger partial charge in [0, 0.05) is 0 Å². The Morgan fingerprint density at radius 2 is 1.00 bits per heavy atom. The van der Waals surface area contributed by atoms with E-state index in [1.807, 2.05) is 26.0 Å². The van der Waals surface area contributed by atoms with Crippen LogP contribution < -0.4 is 0 Å². The first-order chi connectivity index (χ1) is 12.2. The van der Waals surface area contributed by atoms with Gasteiger partial charge in [0.25, 0.3) is 0 Å².